The molecule has 2 rings (SSSR count). The summed E-state index contributed by atoms with van der Waals surface area (Å²) in [7, 11) is -3.24. The fraction of sp³-hybridized carbons (Fsp3) is 0.588. The lowest BCUT2D eigenvalue weighted by atomic mass is 10.2. The first-order chi connectivity index (χ1) is 11.7. The summed E-state index contributed by atoms with van der Waals surface area (Å²) in [5.41, 5.74) is 1.61. The molecule has 1 aliphatic rings. The molecule has 1 fully saturated rings. The van der Waals surface area contributed by atoms with Crippen LogP contribution in [0.15, 0.2) is 29.3 Å². The van der Waals surface area contributed by atoms with Crippen molar-refractivity contribution in [1.29, 1.82) is 0 Å². The summed E-state index contributed by atoms with van der Waals surface area (Å²) in [5, 5.41) is 3.38. The number of anilines is 1. The van der Waals surface area contributed by atoms with Gasteiger partial charge in [-0.1, -0.05) is 12.1 Å². The van der Waals surface area contributed by atoms with E-state index in [1.807, 2.05) is 23.9 Å². The fourth-order valence-corrected chi connectivity index (χ4v) is 4.36. The Kier molecular flexibility index (Phi) is 6.62. The summed E-state index contributed by atoms with van der Waals surface area (Å²) < 4.78 is 25.2. The molecule has 0 atom stereocenters. The normalized spacial score (nSPS) is 18.1. The Hall–Kier alpha value is -1.41. The van der Waals surface area contributed by atoms with Gasteiger partial charge >= 0.3 is 0 Å². The first kappa shape index (κ1) is 19.9. The van der Waals surface area contributed by atoms with Crippen molar-refractivity contribution in [3.8, 4) is 0 Å². The van der Waals surface area contributed by atoms with Gasteiger partial charge in [0.15, 0.2) is 5.96 Å². The quantitative estimate of drug-likeness (QED) is 0.602. The highest BCUT2D eigenvalue weighted by Gasteiger charge is 2.28. The second kappa shape index (κ2) is 8.31. The van der Waals surface area contributed by atoms with E-state index >= 15 is 0 Å². The molecular weight excluding hydrogens is 356 g/mol. The average Bonchev–Trinajstić information content (AvgIpc) is 2.50. The second-order valence-corrected chi connectivity index (χ2v) is 10.3. The van der Waals surface area contributed by atoms with Crippen molar-refractivity contribution in [2.24, 2.45) is 4.99 Å². The Morgan fingerprint density at radius 3 is 2.56 bits per heavy atom. The van der Waals surface area contributed by atoms with Crippen LogP contribution in [0.5, 0.6) is 0 Å². The fourth-order valence-electron chi connectivity index (χ4n) is 2.68. The van der Waals surface area contributed by atoms with Gasteiger partial charge in [0.05, 0.1) is 12.8 Å². The molecule has 1 heterocycles. The van der Waals surface area contributed by atoms with E-state index in [4.69, 9.17) is 4.99 Å². The lowest BCUT2D eigenvalue weighted by molar-refractivity contribution is 0.376. The van der Waals surface area contributed by atoms with Crippen LogP contribution in [-0.4, -0.2) is 55.7 Å². The Bertz CT molecular complexity index is 700. The zero-order valence-electron chi connectivity index (χ0n) is 15.4. The monoisotopic (exact) mass is 384 g/mol. The average molecular weight is 385 g/mol. The zero-order valence-corrected chi connectivity index (χ0v) is 17.0. The van der Waals surface area contributed by atoms with E-state index in [1.54, 1.807) is 12.1 Å². The Labute approximate surface area is 155 Å². The molecule has 1 aliphatic heterocycles. The van der Waals surface area contributed by atoms with Crippen molar-refractivity contribution in [1.82, 2.24) is 10.2 Å². The highest BCUT2D eigenvalue weighted by molar-refractivity contribution is 8.00. The third-order valence-electron chi connectivity index (χ3n) is 3.73. The van der Waals surface area contributed by atoms with E-state index in [9.17, 15) is 8.42 Å². The number of guanidine groups is 1. The highest BCUT2D eigenvalue weighted by atomic mass is 32.2. The van der Waals surface area contributed by atoms with Gasteiger partial charge in [0.2, 0.25) is 10.0 Å². The number of benzene rings is 1. The first-order valence-corrected chi connectivity index (χ1v) is 11.3. The van der Waals surface area contributed by atoms with Crippen LogP contribution in [0.4, 0.5) is 5.69 Å². The summed E-state index contributed by atoms with van der Waals surface area (Å²) in [6, 6.07) is 7.33. The maximum Gasteiger partial charge on any atom is 0.229 e. The molecule has 0 spiro atoms. The molecular formula is C17H28N4O2S2. The number of thioether (sulfide) groups is 1. The molecule has 8 heteroatoms. The summed E-state index contributed by atoms with van der Waals surface area (Å²) in [4.78, 5) is 7.08. The molecule has 0 radical (unpaired) electrons. The molecule has 0 aromatic heterocycles. The number of aliphatic imine (C=N–C) groups is 1. The summed E-state index contributed by atoms with van der Waals surface area (Å²) in [6.45, 7) is 9.97. The van der Waals surface area contributed by atoms with Crippen LogP contribution < -0.4 is 10.0 Å². The van der Waals surface area contributed by atoms with Gasteiger partial charge in [0, 0.05) is 35.8 Å². The van der Waals surface area contributed by atoms with Crippen LogP contribution in [0.3, 0.4) is 0 Å². The molecule has 1 aromatic rings. The van der Waals surface area contributed by atoms with Crippen LogP contribution in [-0.2, 0) is 16.6 Å². The number of hydrogen-bond donors (Lipinski definition) is 2. The molecule has 1 aromatic carbocycles. The van der Waals surface area contributed by atoms with Crippen molar-refractivity contribution in [3.05, 3.63) is 29.8 Å². The standard InChI is InChI=1S/C17H28N4O2S2/c1-5-18-16(21-10-11-24-17(2,3)13-21)19-12-14-6-8-15(9-7-14)20-25(4,22)23/h6-9,20H,5,10-13H2,1-4H3,(H,18,19). The predicted molar refractivity (Wildman–Crippen MR) is 108 cm³/mol. The molecule has 6 nitrogen and oxygen atoms in total. The van der Waals surface area contributed by atoms with Crippen LogP contribution in [0.1, 0.15) is 26.3 Å². The lowest BCUT2D eigenvalue weighted by Crippen LogP contribution is -2.50. The highest BCUT2D eigenvalue weighted by Crippen LogP contribution is 2.29. The van der Waals surface area contributed by atoms with Crippen molar-refractivity contribution in [2.75, 3.05) is 36.4 Å². The number of sulfonamides is 1. The zero-order chi connectivity index (χ0) is 18.5. The molecule has 0 aliphatic carbocycles. The number of nitrogens with one attached hydrogen (secondary N) is 2. The minimum Gasteiger partial charge on any atom is -0.357 e. The smallest absolute Gasteiger partial charge is 0.229 e. The van der Waals surface area contributed by atoms with Crippen LogP contribution in [0.25, 0.3) is 0 Å². The molecule has 25 heavy (non-hydrogen) atoms. The largest absolute Gasteiger partial charge is 0.357 e. The minimum atomic E-state index is -3.24. The van der Waals surface area contributed by atoms with Gasteiger partial charge in [0.25, 0.3) is 0 Å². The topological polar surface area (TPSA) is 73.8 Å². The van der Waals surface area contributed by atoms with Crippen molar-refractivity contribution in [2.45, 2.75) is 32.1 Å². The summed E-state index contributed by atoms with van der Waals surface area (Å²) in [6.07, 6.45) is 1.15. The molecule has 140 valence electrons. The molecule has 2 N–H and O–H groups in total. The predicted octanol–water partition coefficient (Wildman–Crippen LogP) is 2.35. The Balaban J connectivity index is 2.05. The molecule has 0 unspecified atom stereocenters. The Morgan fingerprint density at radius 2 is 2.00 bits per heavy atom. The second-order valence-electron chi connectivity index (χ2n) is 6.77. The van der Waals surface area contributed by atoms with Crippen molar-refractivity contribution in [3.63, 3.8) is 0 Å². The van der Waals surface area contributed by atoms with E-state index in [0.717, 1.165) is 43.2 Å². The molecule has 0 amide bonds. The van der Waals surface area contributed by atoms with Crippen LogP contribution in [0.2, 0.25) is 0 Å². The summed E-state index contributed by atoms with van der Waals surface area (Å²) in [5.74, 6) is 2.04. The van der Waals surface area contributed by atoms with E-state index in [0.29, 0.717) is 12.2 Å². The van der Waals surface area contributed by atoms with Gasteiger partial charge in [-0.2, -0.15) is 11.8 Å². The third kappa shape index (κ3) is 6.78. The molecule has 0 bridgehead atoms. The first-order valence-electron chi connectivity index (χ1n) is 8.42. The Morgan fingerprint density at radius 1 is 1.32 bits per heavy atom. The third-order valence-corrected chi connectivity index (χ3v) is 5.63. The van der Waals surface area contributed by atoms with Crippen molar-refractivity contribution >= 4 is 33.4 Å². The van der Waals surface area contributed by atoms with Crippen LogP contribution in [0, 0.1) is 0 Å². The van der Waals surface area contributed by atoms with Gasteiger partial charge in [-0.15, -0.1) is 0 Å². The lowest BCUT2D eigenvalue weighted by Gasteiger charge is -2.39. The van der Waals surface area contributed by atoms with E-state index < -0.39 is 10.0 Å². The summed E-state index contributed by atoms with van der Waals surface area (Å²) >= 11 is 2.00. The van der Waals surface area contributed by atoms with E-state index in [-0.39, 0.29) is 4.75 Å². The van der Waals surface area contributed by atoms with Crippen molar-refractivity contribution < 1.29 is 8.42 Å². The van der Waals surface area contributed by atoms with Gasteiger partial charge in [-0.25, -0.2) is 13.4 Å². The molecule has 1 saturated heterocycles. The van der Waals surface area contributed by atoms with Gasteiger partial charge in [0.1, 0.15) is 0 Å². The SMILES string of the molecule is CCNC(=NCc1ccc(NS(C)(=O)=O)cc1)N1CCSC(C)(C)C1. The maximum atomic E-state index is 11.3. The van der Waals surface area contributed by atoms with E-state index in [2.05, 4.69) is 35.7 Å². The van der Waals surface area contributed by atoms with Gasteiger partial charge in [-0.05, 0) is 38.5 Å². The van der Waals surface area contributed by atoms with Gasteiger partial charge < -0.3 is 10.2 Å². The number of nitrogens with zero attached hydrogens (tertiary/aromatic N) is 2. The van der Waals surface area contributed by atoms with Gasteiger partial charge in [-0.3, -0.25) is 4.72 Å². The van der Waals surface area contributed by atoms with Crippen LogP contribution >= 0.6 is 11.8 Å². The molecule has 0 saturated carbocycles. The minimum absolute atomic E-state index is 0.230. The number of rotatable bonds is 5. The number of hydrogen-bond acceptors (Lipinski definition) is 4. The van der Waals surface area contributed by atoms with E-state index in [1.165, 1.54) is 0 Å². The maximum absolute atomic E-state index is 11.3.